The van der Waals surface area contributed by atoms with E-state index in [4.69, 9.17) is 4.74 Å². The number of aromatic nitrogens is 1. The number of nitrogens with zero attached hydrogens (tertiary/aromatic N) is 1. The van der Waals surface area contributed by atoms with Crippen molar-refractivity contribution in [2.75, 3.05) is 13.7 Å². The Balaban J connectivity index is 2.41. The van der Waals surface area contributed by atoms with Crippen LogP contribution in [-0.4, -0.2) is 24.8 Å². The molecule has 0 atom stereocenters. The van der Waals surface area contributed by atoms with Crippen LogP contribution in [0.25, 0.3) is 0 Å². The van der Waals surface area contributed by atoms with Crippen LogP contribution in [0.3, 0.4) is 0 Å². The van der Waals surface area contributed by atoms with E-state index in [-0.39, 0.29) is 13.0 Å². The first-order chi connectivity index (χ1) is 8.03. The smallest absolute Gasteiger partial charge is 0.389 e. The minimum atomic E-state index is -4.12. The predicted octanol–water partition coefficient (Wildman–Crippen LogP) is 2.52. The van der Waals surface area contributed by atoms with Crippen LogP contribution < -0.4 is 10.1 Å². The molecule has 0 fully saturated rings. The maximum absolute atomic E-state index is 11.9. The van der Waals surface area contributed by atoms with E-state index in [0.717, 1.165) is 5.56 Å². The van der Waals surface area contributed by atoms with Crippen molar-refractivity contribution in [1.29, 1.82) is 0 Å². The van der Waals surface area contributed by atoms with Crippen LogP contribution in [0.1, 0.15) is 18.4 Å². The molecule has 0 aromatic carbocycles. The minimum Gasteiger partial charge on any atom is -0.477 e. The Labute approximate surface area is 98.0 Å². The monoisotopic (exact) mass is 248 g/mol. The fraction of sp³-hybridized carbons (Fsp3) is 0.545. The number of hydrogen-bond acceptors (Lipinski definition) is 3. The third kappa shape index (κ3) is 5.53. The van der Waals surface area contributed by atoms with Gasteiger partial charge in [0.05, 0.1) is 6.61 Å². The molecule has 0 aliphatic carbocycles. The maximum Gasteiger partial charge on any atom is 0.389 e. The van der Waals surface area contributed by atoms with Crippen LogP contribution in [0.5, 0.6) is 5.88 Å². The van der Waals surface area contributed by atoms with Crippen molar-refractivity contribution in [1.82, 2.24) is 10.3 Å². The summed E-state index contributed by atoms with van der Waals surface area (Å²) in [6.07, 6.45) is -3.46. The fourth-order valence-corrected chi connectivity index (χ4v) is 1.32. The largest absolute Gasteiger partial charge is 0.477 e. The number of halogens is 3. The number of ether oxygens (including phenoxy) is 1. The highest BCUT2D eigenvalue weighted by molar-refractivity contribution is 5.25. The Morgan fingerprint density at radius 2 is 2.18 bits per heavy atom. The van der Waals surface area contributed by atoms with Crippen LogP contribution in [0.15, 0.2) is 18.3 Å². The van der Waals surface area contributed by atoms with Crippen LogP contribution in [0.2, 0.25) is 0 Å². The Hall–Kier alpha value is -1.30. The second-order valence-corrected chi connectivity index (χ2v) is 3.57. The summed E-state index contributed by atoms with van der Waals surface area (Å²) >= 11 is 0. The van der Waals surface area contributed by atoms with Crippen molar-refractivity contribution in [2.24, 2.45) is 0 Å². The van der Waals surface area contributed by atoms with E-state index in [1.807, 2.05) is 6.07 Å². The fourth-order valence-electron chi connectivity index (χ4n) is 1.32. The lowest BCUT2D eigenvalue weighted by molar-refractivity contribution is -0.136. The Bertz CT molecular complexity index is 342. The number of rotatable bonds is 6. The van der Waals surface area contributed by atoms with Crippen molar-refractivity contribution in [2.45, 2.75) is 25.6 Å². The van der Waals surface area contributed by atoms with Crippen LogP contribution in [0.4, 0.5) is 13.2 Å². The van der Waals surface area contributed by atoms with Gasteiger partial charge in [0.1, 0.15) is 0 Å². The lowest BCUT2D eigenvalue weighted by Crippen LogP contribution is -2.12. The lowest BCUT2D eigenvalue weighted by atomic mass is 10.2. The van der Waals surface area contributed by atoms with Gasteiger partial charge in [0.25, 0.3) is 0 Å². The normalized spacial score (nSPS) is 11.5. The molecular weight excluding hydrogens is 233 g/mol. The molecule has 1 aromatic rings. The molecule has 1 aromatic heterocycles. The van der Waals surface area contributed by atoms with Crippen molar-refractivity contribution in [3.63, 3.8) is 0 Å². The first kappa shape index (κ1) is 13.8. The first-order valence-electron chi connectivity index (χ1n) is 5.31. The van der Waals surface area contributed by atoms with Crippen LogP contribution in [-0.2, 0) is 6.54 Å². The third-order valence-corrected chi connectivity index (χ3v) is 2.06. The standard InChI is InChI=1S/C11H15F3N2O/c1-15-8-9-4-2-6-16-10(9)17-7-3-5-11(12,13)14/h2,4,6,15H,3,5,7-8H2,1H3. The topological polar surface area (TPSA) is 34.2 Å². The summed E-state index contributed by atoms with van der Waals surface area (Å²) in [5.74, 6) is 0.393. The summed E-state index contributed by atoms with van der Waals surface area (Å²) < 4.78 is 40.9. The number of alkyl halides is 3. The molecule has 0 aliphatic rings. The van der Waals surface area contributed by atoms with Gasteiger partial charge in [-0.25, -0.2) is 4.98 Å². The zero-order chi connectivity index (χ0) is 12.7. The number of pyridine rings is 1. The summed E-state index contributed by atoms with van der Waals surface area (Å²) in [4.78, 5) is 3.99. The van der Waals surface area contributed by atoms with Crippen molar-refractivity contribution < 1.29 is 17.9 Å². The molecule has 1 heterocycles. The van der Waals surface area contributed by atoms with Gasteiger partial charge in [-0.1, -0.05) is 6.07 Å². The molecule has 0 aliphatic heterocycles. The predicted molar refractivity (Wildman–Crippen MR) is 57.8 cm³/mol. The highest BCUT2D eigenvalue weighted by Crippen LogP contribution is 2.21. The average Bonchev–Trinajstić information content (AvgIpc) is 2.25. The van der Waals surface area contributed by atoms with E-state index in [0.29, 0.717) is 12.4 Å². The number of nitrogens with one attached hydrogen (secondary N) is 1. The molecule has 1 rings (SSSR count). The first-order valence-corrected chi connectivity index (χ1v) is 5.31. The minimum absolute atomic E-state index is 0.0211. The van der Waals surface area contributed by atoms with Gasteiger partial charge in [0.15, 0.2) is 0 Å². The molecule has 1 N–H and O–H groups in total. The summed E-state index contributed by atoms with van der Waals surface area (Å²) in [6.45, 7) is 0.593. The van der Waals surface area contributed by atoms with Gasteiger partial charge >= 0.3 is 6.18 Å². The molecule has 0 amide bonds. The van der Waals surface area contributed by atoms with E-state index < -0.39 is 12.6 Å². The highest BCUT2D eigenvalue weighted by atomic mass is 19.4. The Kier molecular flexibility index (Phi) is 5.21. The van der Waals surface area contributed by atoms with E-state index >= 15 is 0 Å². The van der Waals surface area contributed by atoms with Gasteiger partial charge < -0.3 is 10.1 Å². The quantitative estimate of drug-likeness (QED) is 0.785. The zero-order valence-corrected chi connectivity index (χ0v) is 9.55. The van der Waals surface area contributed by atoms with Crippen molar-refractivity contribution in [3.05, 3.63) is 23.9 Å². The van der Waals surface area contributed by atoms with Gasteiger partial charge in [-0.2, -0.15) is 13.2 Å². The van der Waals surface area contributed by atoms with E-state index in [1.54, 1.807) is 19.3 Å². The summed E-state index contributed by atoms with van der Waals surface area (Å²) in [5, 5.41) is 2.94. The molecule has 0 saturated carbocycles. The molecule has 3 nitrogen and oxygen atoms in total. The van der Waals surface area contributed by atoms with Crippen molar-refractivity contribution in [3.8, 4) is 5.88 Å². The van der Waals surface area contributed by atoms with Gasteiger partial charge in [-0.3, -0.25) is 0 Å². The molecule has 96 valence electrons. The van der Waals surface area contributed by atoms with Gasteiger partial charge in [-0.15, -0.1) is 0 Å². The van der Waals surface area contributed by atoms with Gasteiger partial charge in [0.2, 0.25) is 5.88 Å². The van der Waals surface area contributed by atoms with Gasteiger partial charge in [0, 0.05) is 24.7 Å². The molecule has 17 heavy (non-hydrogen) atoms. The highest BCUT2D eigenvalue weighted by Gasteiger charge is 2.26. The third-order valence-electron chi connectivity index (χ3n) is 2.06. The van der Waals surface area contributed by atoms with E-state index in [1.165, 1.54) is 0 Å². The zero-order valence-electron chi connectivity index (χ0n) is 9.55. The van der Waals surface area contributed by atoms with Crippen LogP contribution in [0, 0.1) is 0 Å². The second-order valence-electron chi connectivity index (χ2n) is 3.57. The molecule has 0 radical (unpaired) electrons. The van der Waals surface area contributed by atoms with Gasteiger partial charge in [-0.05, 0) is 19.5 Å². The molecule has 0 bridgehead atoms. The molecule has 0 spiro atoms. The van der Waals surface area contributed by atoms with Crippen molar-refractivity contribution >= 4 is 0 Å². The molecule has 0 saturated heterocycles. The Morgan fingerprint density at radius 3 is 2.82 bits per heavy atom. The average molecular weight is 248 g/mol. The summed E-state index contributed by atoms with van der Waals surface area (Å²) in [7, 11) is 1.78. The maximum atomic E-state index is 11.9. The lowest BCUT2D eigenvalue weighted by Gasteiger charge is -2.10. The summed E-state index contributed by atoms with van der Waals surface area (Å²) in [5.41, 5.74) is 0.835. The number of hydrogen-bond donors (Lipinski definition) is 1. The second kappa shape index (κ2) is 6.44. The van der Waals surface area contributed by atoms with E-state index in [9.17, 15) is 13.2 Å². The summed E-state index contributed by atoms with van der Waals surface area (Å²) in [6, 6.07) is 3.58. The molecule has 6 heteroatoms. The SMILES string of the molecule is CNCc1cccnc1OCCCC(F)(F)F. The van der Waals surface area contributed by atoms with E-state index in [2.05, 4.69) is 10.3 Å². The molecule has 0 unspecified atom stereocenters. The Morgan fingerprint density at radius 1 is 1.41 bits per heavy atom. The molecular formula is C11H15F3N2O. The van der Waals surface area contributed by atoms with Crippen LogP contribution >= 0.6 is 0 Å².